The zero-order chi connectivity index (χ0) is 10.3. The lowest BCUT2D eigenvalue weighted by atomic mass is 10.2. The Morgan fingerprint density at radius 1 is 1.46 bits per heavy atom. The van der Waals surface area contributed by atoms with Gasteiger partial charge in [-0.25, -0.2) is 0 Å². The lowest BCUT2D eigenvalue weighted by Gasteiger charge is -1.89. The van der Waals surface area contributed by atoms with Crippen LogP contribution in [0.15, 0.2) is 15.5 Å². The van der Waals surface area contributed by atoms with E-state index < -0.39 is 0 Å². The van der Waals surface area contributed by atoms with Crippen molar-refractivity contribution >= 4 is 6.21 Å². The van der Waals surface area contributed by atoms with Crippen LogP contribution in [-0.2, 0) is 6.42 Å². The molecule has 0 atom stereocenters. The molecule has 0 unspecified atom stereocenters. The number of aliphatic imine (C=N–C) groups is 1. The van der Waals surface area contributed by atoms with Gasteiger partial charge in [0.25, 0.3) is 0 Å². The summed E-state index contributed by atoms with van der Waals surface area (Å²) in [5, 5.41) is 0. The Labute approximate surface area is 80.7 Å². The van der Waals surface area contributed by atoms with Crippen LogP contribution in [-0.4, -0.2) is 13.3 Å². The lowest BCUT2D eigenvalue weighted by molar-refractivity contribution is 0.488. The molecule has 1 heterocycles. The summed E-state index contributed by atoms with van der Waals surface area (Å²) in [6, 6.07) is 2.01. The molecule has 0 bridgehead atoms. The van der Waals surface area contributed by atoms with Gasteiger partial charge in [-0.15, -0.1) is 0 Å². The molecule has 1 aromatic heterocycles. The number of aryl methyl sites for hydroxylation is 2. The third-order valence-electron chi connectivity index (χ3n) is 1.55. The van der Waals surface area contributed by atoms with Gasteiger partial charge < -0.3 is 4.42 Å². The van der Waals surface area contributed by atoms with Crippen LogP contribution in [0.2, 0.25) is 0 Å². The van der Waals surface area contributed by atoms with Gasteiger partial charge in [-0.1, -0.05) is 20.8 Å². The molecule has 0 spiro atoms. The van der Waals surface area contributed by atoms with Crippen molar-refractivity contribution in [2.45, 2.75) is 34.1 Å². The molecule has 13 heavy (non-hydrogen) atoms. The van der Waals surface area contributed by atoms with Gasteiger partial charge in [0.2, 0.25) is 0 Å². The summed E-state index contributed by atoms with van der Waals surface area (Å²) < 4.78 is 5.43. The number of furan rings is 1. The van der Waals surface area contributed by atoms with Gasteiger partial charge in [0.15, 0.2) is 0 Å². The van der Waals surface area contributed by atoms with Crippen LogP contribution in [0.1, 0.15) is 37.9 Å². The summed E-state index contributed by atoms with van der Waals surface area (Å²) in [5.74, 6) is 1.98. The molecule has 0 fully saturated rings. The van der Waals surface area contributed by atoms with Gasteiger partial charge in [0, 0.05) is 25.2 Å². The van der Waals surface area contributed by atoms with E-state index in [0.29, 0.717) is 0 Å². The van der Waals surface area contributed by atoms with Crippen LogP contribution in [0.3, 0.4) is 0 Å². The Kier molecular flexibility index (Phi) is 5.94. The monoisotopic (exact) mass is 181 g/mol. The normalized spacial score (nSPS) is 9.92. The highest BCUT2D eigenvalue weighted by molar-refractivity contribution is 5.80. The molecule has 1 aromatic rings. The summed E-state index contributed by atoms with van der Waals surface area (Å²) in [4.78, 5) is 3.94. The Hall–Kier alpha value is -1.05. The maximum absolute atomic E-state index is 5.43. The minimum Gasteiger partial charge on any atom is -0.466 e. The third-order valence-corrected chi connectivity index (χ3v) is 1.55. The van der Waals surface area contributed by atoms with E-state index in [0.717, 1.165) is 23.5 Å². The summed E-state index contributed by atoms with van der Waals surface area (Å²) in [6.45, 7) is 8.03. The van der Waals surface area contributed by atoms with Crippen molar-refractivity contribution in [3.05, 3.63) is 23.2 Å². The van der Waals surface area contributed by atoms with Crippen LogP contribution in [0.5, 0.6) is 0 Å². The minimum atomic E-state index is 0.926. The minimum absolute atomic E-state index is 0.926. The maximum Gasteiger partial charge on any atom is 0.112 e. The number of hydrogen-bond donors (Lipinski definition) is 0. The van der Waals surface area contributed by atoms with Crippen molar-refractivity contribution in [1.82, 2.24) is 0 Å². The first-order valence-electron chi connectivity index (χ1n) is 4.79. The van der Waals surface area contributed by atoms with Gasteiger partial charge in [0.1, 0.15) is 11.5 Å². The van der Waals surface area contributed by atoms with Crippen molar-refractivity contribution in [2.24, 2.45) is 4.99 Å². The predicted octanol–water partition coefficient (Wildman–Crippen LogP) is 3.23. The van der Waals surface area contributed by atoms with E-state index in [1.54, 1.807) is 7.05 Å². The highest BCUT2D eigenvalue weighted by Crippen LogP contribution is 2.13. The molecule has 2 heteroatoms. The van der Waals surface area contributed by atoms with Gasteiger partial charge in [-0.05, 0) is 13.0 Å². The van der Waals surface area contributed by atoms with Gasteiger partial charge >= 0.3 is 0 Å². The van der Waals surface area contributed by atoms with E-state index >= 15 is 0 Å². The topological polar surface area (TPSA) is 25.5 Å². The molecule has 0 aliphatic carbocycles. The Balaban J connectivity index is 0.000000671. The first kappa shape index (κ1) is 11.9. The van der Waals surface area contributed by atoms with Crippen molar-refractivity contribution in [3.8, 4) is 0 Å². The highest BCUT2D eigenvalue weighted by atomic mass is 16.3. The average Bonchev–Trinajstić information content (AvgIpc) is 2.50. The quantitative estimate of drug-likeness (QED) is 0.643. The van der Waals surface area contributed by atoms with Gasteiger partial charge in [0.05, 0.1) is 0 Å². The summed E-state index contributed by atoms with van der Waals surface area (Å²) in [5.41, 5.74) is 1.10. The number of hydrogen-bond acceptors (Lipinski definition) is 2. The van der Waals surface area contributed by atoms with E-state index in [2.05, 4.69) is 11.9 Å². The lowest BCUT2D eigenvalue weighted by Crippen LogP contribution is -1.83. The van der Waals surface area contributed by atoms with Crippen molar-refractivity contribution < 1.29 is 4.42 Å². The van der Waals surface area contributed by atoms with Crippen molar-refractivity contribution in [1.29, 1.82) is 0 Å². The first-order valence-corrected chi connectivity index (χ1v) is 4.79. The molecule has 0 amide bonds. The summed E-state index contributed by atoms with van der Waals surface area (Å²) in [7, 11) is 1.77. The Bertz CT molecular complexity index is 261. The van der Waals surface area contributed by atoms with Crippen LogP contribution in [0.4, 0.5) is 0 Å². The molecule has 2 nitrogen and oxygen atoms in total. The molecule has 0 saturated carbocycles. The molecule has 74 valence electrons. The fraction of sp³-hybridized carbons (Fsp3) is 0.545. The van der Waals surface area contributed by atoms with Crippen LogP contribution in [0, 0.1) is 6.92 Å². The Morgan fingerprint density at radius 3 is 2.54 bits per heavy atom. The van der Waals surface area contributed by atoms with E-state index in [4.69, 9.17) is 4.42 Å². The average molecular weight is 181 g/mol. The van der Waals surface area contributed by atoms with Crippen molar-refractivity contribution in [2.75, 3.05) is 7.05 Å². The molecule has 0 radical (unpaired) electrons. The van der Waals surface area contributed by atoms with Crippen molar-refractivity contribution in [3.63, 3.8) is 0 Å². The van der Waals surface area contributed by atoms with Gasteiger partial charge in [-0.2, -0.15) is 0 Å². The van der Waals surface area contributed by atoms with E-state index in [9.17, 15) is 0 Å². The molecular formula is C11H19NO. The SMILES string of the molecule is CC.CCc1oc(C)cc1C=NC. The number of rotatable bonds is 2. The molecule has 1 rings (SSSR count). The third kappa shape index (κ3) is 3.45. The highest BCUT2D eigenvalue weighted by Gasteiger charge is 2.03. The molecule has 0 aromatic carbocycles. The second kappa shape index (κ2) is 6.46. The zero-order valence-electron chi connectivity index (χ0n) is 9.22. The van der Waals surface area contributed by atoms with Crippen LogP contribution >= 0.6 is 0 Å². The molecule has 0 aliphatic rings. The maximum atomic E-state index is 5.43. The second-order valence-corrected chi connectivity index (χ2v) is 2.48. The van der Waals surface area contributed by atoms with E-state index in [1.807, 2.05) is 33.1 Å². The fourth-order valence-corrected chi connectivity index (χ4v) is 1.11. The smallest absolute Gasteiger partial charge is 0.112 e. The van der Waals surface area contributed by atoms with Crippen LogP contribution < -0.4 is 0 Å². The number of nitrogens with zero attached hydrogens (tertiary/aromatic N) is 1. The molecule has 0 N–H and O–H groups in total. The second-order valence-electron chi connectivity index (χ2n) is 2.48. The summed E-state index contributed by atoms with van der Waals surface area (Å²) in [6.07, 6.45) is 2.75. The fourth-order valence-electron chi connectivity index (χ4n) is 1.11. The molecule has 0 saturated heterocycles. The summed E-state index contributed by atoms with van der Waals surface area (Å²) >= 11 is 0. The first-order chi connectivity index (χ1) is 6.27. The Morgan fingerprint density at radius 2 is 2.08 bits per heavy atom. The van der Waals surface area contributed by atoms with E-state index in [-0.39, 0.29) is 0 Å². The molecule has 0 aliphatic heterocycles. The largest absolute Gasteiger partial charge is 0.466 e. The van der Waals surface area contributed by atoms with Gasteiger partial charge in [-0.3, -0.25) is 4.99 Å². The standard InChI is InChI=1S/C9H13NO.C2H6/c1-4-9-8(6-10-3)5-7(2)11-9;1-2/h5-6H,4H2,1-3H3;1-2H3. The zero-order valence-corrected chi connectivity index (χ0v) is 9.22. The van der Waals surface area contributed by atoms with Crippen LogP contribution in [0.25, 0.3) is 0 Å². The predicted molar refractivity (Wildman–Crippen MR) is 57.7 cm³/mol. The molecular weight excluding hydrogens is 162 g/mol. The van der Waals surface area contributed by atoms with E-state index in [1.165, 1.54) is 0 Å².